The molecule has 0 amide bonds. The highest BCUT2D eigenvalue weighted by Gasteiger charge is 2.19. The van der Waals surface area contributed by atoms with Crippen molar-refractivity contribution in [3.63, 3.8) is 0 Å². The molecule has 0 atom stereocenters. The lowest BCUT2D eigenvalue weighted by Crippen LogP contribution is -2.01. The molecular formula is C3H3Cl3Si. The quantitative estimate of drug-likeness (QED) is 0.325. The molecule has 0 nitrogen and oxygen atoms in total. The van der Waals surface area contributed by atoms with Crippen LogP contribution in [0.1, 0.15) is 0 Å². The Labute approximate surface area is 57.5 Å². The molecule has 7 heavy (non-hydrogen) atoms. The van der Waals surface area contributed by atoms with Crippen LogP contribution in [0.25, 0.3) is 0 Å². The summed E-state index contributed by atoms with van der Waals surface area (Å²) in [6, 6.07) is -2.54. The van der Waals surface area contributed by atoms with Gasteiger partial charge in [-0.1, -0.05) is 6.58 Å². The highest BCUT2D eigenvalue weighted by molar-refractivity contribution is 7.66. The summed E-state index contributed by atoms with van der Waals surface area (Å²) < 4.78 is 0. The Morgan fingerprint density at radius 3 is 1.86 bits per heavy atom. The third kappa shape index (κ3) is 6.61. The van der Waals surface area contributed by atoms with Gasteiger partial charge in [-0.3, -0.25) is 0 Å². The van der Waals surface area contributed by atoms with E-state index in [1.807, 2.05) is 0 Å². The monoisotopic (exact) mass is 172 g/mol. The van der Waals surface area contributed by atoms with Crippen LogP contribution in [0.4, 0.5) is 0 Å². The van der Waals surface area contributed by atoms with Crippen molar-refractivity contribution >= 4 is 39.2 Å². The van der Waals surface area contributed by atoms with Gasteiger partial charge < -0.3 is 0 Å². The summed E-state index contributed by atoms with van der Waals surface area (Å²) in [5.74, 6) is 0. The van der Waals surface area contributed by atoms with Crippen molar-refractivity contribution in [1.82, 2.24) is 0 Å². The van der Waals surface area contributed by atoms with Gasteiger partial charge in [0.15, 0.2) is 0 Å². The Morgan fingerprint density at radius 1 is 1.43 bits per heavy atom. The van der Waals surface area contributed by atoms with Crippen molar-refractivity contribution in [2.75, 3.05) is 0 Å². The normalized spacial score (nSPS) is 10.1. The third-order valence-corrected chi connectivity index (χ3v) is 1.78. The van der Waals surface area contributed by atoms with E-state index in [1.165, 1.54) is 5.70 Å². The Bertz CT molecular complexity index is 97.2. The van der Waals surface area contributed by atoms with Gasteiger partial charge >= 0.3 is 6.00 Å². The van der Waals surface area contributed by atoms with Crippen LogP contribution >= 0.6 is 33.2 Å². The zero-order valence-electron chi connectivity index (χ0n) is 3.42. The average Bonchev–Trinajstić information content (AvgIpc) is 1.30. The predicted molar refractivity (Wildman–Crippen MR) is 37.0 cm³/mol. The molecule has 0 spiro atoms. The van der Waals surface area contributed by atoms with Gasteiger partial charge in [-0.2, -0.15) is 0 Å². The maximum Gasteiger partial charge on any atom is 0.373 e. The summed E-state index contributed by atoms with van der Waals surface area (Å²) in [5.41, 5.74) is 3.79. The minimum Gasteiger partial charge on any atom is -0.134 e. The van der Waals surface area contributed by atoms with E-state index in [-0.39, 0.29) is 0 Å². The smallest absolute Gasteiger partial charge is 0.134 e. The van der Waals surface area contributed by atoms with Crippen molar-refractivity contribution < 1.29 is 0 Å². The fourth-order valence-electron chi connectivity index (χ4n) is 0.116. The number of rotatable bonds is 1. The van der Waals surface area contributed by atoms with E-state index in [0.29, 0.717) is 0 Å². The van der Waals surface area contributed by atoms with Gasteiger partial charge in [0.2, 0.25) is 0 Å². The second kappa shape index (κ2) is 2.80. The van der Waals surface area contributed by atoms with Crippen LogP contribution in [-0.4, -0.2) is 6.00 Å². The minimum absolute atomic E-state index is 1.39. The lowest BCUT2D eigenvalue weighted by atomic mass is 11.0. The maximum atomic E-state index is 5.34. The van der Waals surface area contributed by atoms with Crippen molar-refractivity contribution in [2.24, 2.45) is 0 Å². The topological polar surface area (TPSA) is 0 Å². The zero-order chi connectivity index (χ0) is 5.91. The van der Waals surface area contributed by atoms with Crippen LogP contribution in [-0.2, 0) is 0 Å². The fourth-order valence-corrected chi connectivity index (χ4v) is 1.04. The first kappa shape index (κ1) is 7.61. The maximum absolute atomic E-state index is 5.34. The highest BCUT2D eigenvalue weighted by Crippen LogP contribution is 2.19. The van der Waals surface area contributed by atoms with E-state index in [9.17, 15) is 0 Å². The average molecular weight is 174 g/mol. The minimum atomic E-state index is -2.54. The number of hydrogen-bond donors (Lipinski definition) is 0. The summed E-state index contributed by atoms with van der Waals surface area (Å²) in [6.45, 7) is 3.25. The molecule has 0 heterocycles. The lowest BCUT2D eigenvalue weighted by Gasteiger charge is -1.92. The molecule has 0 bridgehead atoms. The van der Waals surface area contributed by atoms with Gasteiger partial charge in [0, 0.05) is 0 Å². The Morgan fingerprint density at radius 2 is 1.86 bits per heavy atom. The molecule has 0 aliphatic heterocycles. The fraction of sp³-hybridized carbons (Fsp3) is 0. The molecule has 0 unspecified atom stereocenters. The Balaban J connectivity index is 3.80. The molecular weight excluding hydrogens is 170 g/mol. The molecule has 0 aliphatic carbocycles. The zero-order valence-corrected chi connectivity index (χ0v) is 6.69. The molecule has 0 N–H and O–H groups in total. The van der Waals surface area contributed by atoms with Crippen molar-refractivity contribution in [3.05, 3.63) is 18.0 Å². The highest BCUT2D eigenvalue weighted by atomic mass is 35.8. The van der Waals surface area contributed by atoms with Crippen LogP contribution in [0, 0.1) is 0 Å². The summed E-state index contributed by atoms with van der Waals surface area (Å²) in [6.07, 6.45) is 0. The van der Waals surface area contributed by atoms with E-state index in [1.54, 1.807) is 0 Å². The molecule has 0 rings (SSSR count). The van der Waals surface area contributed by atoms with Gasteiger partial charge in [0.25, 0.3) is 0 Å². The van der Waals surface area contributed by atoms with Gasteiger partial charge in [-0.15, -0.1) is 39.0 Å². The van der Waals surface area contributed by atoms with Crippen LogP contribution in [0.15, 0.2) is 18.0 Å². The molecule has 0 aromatic heterocycles. The van der Waals surface area contributed by atoms with Crippen molar-refractivity contribution in [2.45, 2.75) is 0 Å². The van der Waals surface area contributed by atoms with E-state index in [0.717, 1.165) is 0 Å². The number of hydrogen-bond acceptors (Lipinski definition) is 0. The van der Waals surface area contributed by atoms with Gasteiger partial charge in [-0.25, -0.2) is 0 Å². The van der Waals surface area contributed by atoms with Crippen LogP contribution in [0.3, 0.4) is 0 Å². The van der Waals surface area contributed by atoms with E-state index < -0.39 is 6.00 Å². The summed E-state index contributed by atoms with van der Waals surface area (Å²) in [7, 11) is 0. The lowest BCUT2D eigenvalue weighted by molar-refractivity contribution is 2.39. The first-order valence-electron chi connectivity index (χ1n) is 1.50. The standard InChI is InChI=1S/C3H3Cl3Si/c1-2-3-7(4,5)6/h3H,1H2. The van der Waals surface area contributed by atoms with Crippen LogP contribution in [0.5, 0.6) is 0 Å². The molecule has 0 saturated carbocycles. The molecule has 0 saturated heterocycles. The largest absolute Gasteiger partial charge is 0.373 e. The van der Waals surface area contributed by atoms with Gasteiger partial charge in [0.1, 0.15) is 0 Å². The molecule has 40 valence electrons. The molecule has 0 aromatic rings. The molecule has 0 aromatic carbocycles. The van der Waals surface area contributed by atoms with E-state index in [2.05, 4.69) is 12.3 Å². The predicted octanol–water partition coefficient (Wildman–Crippen LogP) is 2.52. The molecule has 0 fully saturated rings. The van der Waals surface area contributed by atoms with Crippen molar-refractivity contribution in [1.29, 1.82) is 0 Å². The third-order valence-electron chi connectivity index (χ3n) is 0.266. The summed E-state index contributed by atoms with van der Waals surface area (Å²) in [5, 5.41) is 0. The van der Waals surface area contributed by atoms with Crippen molar-refractivity contribution in [3.8, 4) is 0 Å². The summed E-state index contributed by atoms with van der Waals surface area (Å²) in [4.78, 5) is 0. The van der Waals surface area contributed by atoms with Gasteiger partial charge in [0.05, 0.1) is 0 Å². The SMILES string of the molecule is C=C=C[Si](Cl)(Cl)Cl. The second-order valence-electron chi connectivity index (χ2n) is 0.890. The molecule has 0 radical (unpaired) electrons. The second-order valence-corrected chi connectivity index (χ2v) is 9.37. The van der Waals surface area contributed by atoms with E-state index in [4.69, 9.17) is 33.2 Å². The number of halogens is 3. The van der Waals surface area contributed by atoms with E-state index >= 15 is 0 Å². The molecule has 4 heteroatoms. The summed E-state index contributed by atoms with van der Waals surface area (Å²) >= 11 is 16.0. The first-order valence-corrected chi connectivity index (χ1v) is 6.61. The van der Waals surface area contributed by atoms with Crippen LogP contribution in [0.2, 0.25) is 0 Å². The van der Waals surface area contributed by atoms with Gasteiger partial charge in [-0.05, 0) is 5.70 Å². The Hall–Kier alpha value is 0.607. The first-order chi connectivity index (χ1) is 3.06. The van der Waals surface area contributed by atoms with Crippen LogP contribution < -0.4 is 0 Å². The molecule has 0 aliphatic rings. The Kier molecular flexibility index (Phi) is 3.05.